The van der Waals surface area contributed by atoms with Crippen LogP contribution >= 0.6 is 0 Å². The molecule has 3 heteroatoms. The zero-order valence-corrected chi connectivity index (χ0v) is 10.6. The first-order valence-corrected chi connectivity index (χ1v) is 6.23. The van der Waals surface area contributed by atoms with E-state index in [0.29, 0.717) is 0 Å². The molecule has 3 nitrogen and oxygen atoms in total. The summed E-state index contributed by atoms with van der Waals surface area (Å²) >= 11 is 0. The van der Waals surface area contributed by atoms with E-state index >= 15 is 0 Å². The van der Waals surface area contributed by atoms with Crippen molar-refractivity contribution in [1.29, 1.82) is 0 Å². The zero-order valence-electron chi connectivity index (χ0n) is 10.6. The minimum atomic E-state index is 0.756. The molecule has 2 aromatic carbocycles. The Labute approximate surface area is 112 Å². The van der Waals surface area contributed by atoms with Crippen molar-refractivity contribution in [2.24, 2.45) is 0 Å². The van der Waals surface area contributed by atoms with Crippen molar-refractivity contribution in [2.75, 3.05) is 5.32 Å². The highest BCUT2D eigenvalue weighted by atomic mass is 15.2. The van der Waals surface area contributed by atoms with Gasteiger partial charge < -0.3 is 5.32 Å². The van der Waals surface area contributed by atoms with Crippen molar-refractivity contribution < 1.29 is 0 Å². The van der Waals surface area contributed by atoms with E-state index in [-0.39, 0.29) is 0 Å². The lowest BCUT2D eigenvalue weighted by Crippen LogP contribution is -1.98. The maximum atomic E-state index is 4.16. The Morgan fingerprint density at radius 3 is 2.79 bits per heavy atom. The first kappa shape index (κ1) is 11.5. The summed E-state index contributed by atoms with van der Waals surface area (Å²) in [6, 6.07) is 14.7. The first-order valence-electron chi connectivity index (χ1n) is 6.23. The van der Waals surface area contributed by atoms with Crippen molar-refractivity contribution in [3.05, 3.63) is 67.0 Å². The summed E-state index contributed by atoms with van der Waals surface area (Å²) in [6.45, 7) is 4.43. The van der Waals surface area contributed by atoms with Crippen molar-refractivity contribution in [3.8, 4) is 0 Å². The number of aromatic nitrogens is 2. The van der Waals surface area contributed by atoms with Gasteiger partial charge in [-0.15, -0.1) is 0 Å². The second kappa shape index (κ2) is 4.98. The topological polar surface area (TPSA) is 29.9 Å². The summed E-state index contributed by atoms with van der Waals surface area (Å²) in [5, 5.41) is 10.1. The summed E-state index contributed by atoms with van der Waals surface area (Å²) < 4.78 is 1.71. The number of rotatable bonds is 4. The summed E-state index contributed by atoms with van der Waals surface area (Å²) in [5.74, 6) is 0. The average Bonchev–Trinajstić information content (AvgIpc) is 2.93. The van der Waals surface area contributed by atoms with E-state index in [1.807, 2.05) is 12.4 Å². The van der Waals surface area contributed by atoms with Gasteiger partial charge in [0.05, 0.1) is 6.20 Å². The van der Waals surface area contributed by atoms with Crippen LogP contribution in [0.15, 0.2) is 61.4 Å². The molecule has 0 spiro atoms. The minimum absolute atomic E-state index is 0.756. The summed E-state index contributed by atoms with van der Waals surface area (Å²) in [5.41, 5.74) is 2.25. The standard InChI is InChI=1S/C16H15N3/c1-2-19-12-13(11-18-19)10-17-16-8-7-14-5-3-4-6-15(14)9-16/h2-9,11-12,17H,1,10H2. The predicted octanol–water partition coefficient (Wildman–Crippen LogP) is 3.75. The van der Waals surface area contributed by atoms with Gasteiger partial charge in [0.1, 0.15) is 0 Å². The van der Waals surface area contributed by atoms with Crippen LogP contribution in [0.1, 0.15) is 5.56 Å². The van der Waals surface area contributed by atoms with Gasteiger partial charge in [-0.1, -0.05) is 36.9 Å². The molecule has 0 fully saturated rings. The van der Waals surface area contributed by atoms with E-state index < -0.39 is 0 Å². The molecular formula is C16H15N3. The molecule has 0 bridgehead atoms. The third kappa shape index (κ3) is 2.50. The molecule has 3 rings (SSSR count). The number of hydrogen-bond acceptors (Lipinski definition) is 2. The Kier molecular flexibility index (Phi) is 3.02. The summed E-state index contributed by atoms with van der Waals surface area (Å²) in [4.78, 5) is 0. The normalized spacial score (nSPS) is 10.5. The van der Waals surface area contributed by atoms with Crippen LogP contribution in [0.3, 0.4) is 0 Å². The van der Waals surface area contributed by atoms with E-state index in [1.54, 1.807) is 10.9 Å². The van der Waals surface area contributed by atoms with Crippen LogP contribution in [0.2, 0.25) is 0 Å². The number of nitrogens with zero attached hydrogens (tertiary/aromatic N) is 2. The van der Waals surface area contributed by atoms with Gasteiger partial charge in [-0.25, -0.2) is 4.68 Å². The van der Waals surface area contributed by atoms with Gasteiger partial charge in [-0.2, -0.15) is 5.10 Å². The third-order valence-corrected chi connectivity index (χ3v) is 3.09. The van der Waals surface area contributed by atoms with Crippen LogP contribution in [0.25, 0.3) is 17.0 Å². The van der Waals surface area contributed by atoms with Gasteiger partial charge in [0.2, 0.25) is 0 Å². The highest BCUT2D eigenvalue weighted by molar-refractivity contribution is 5.85. The lowest BCUT2D eigenvalue weighted by atomic mass is 10.1. The third-order valence-electron chi connectivity index (χ3n) is 3.09. The Hall–Kier alpha value is -2.55. The van der Waals surface area contributed by atoms with E-state index in [9.17, 15) is 0 Å². The molecule has 0 amide bonds. The maximum Gasteiger partial charge on any atom is 0.0543 e. The molecule has 1 aromatic heterocycles. The van der Waals surface area contributed by atoms with Crippen LogP contribution in [0.5, 0.6) is 0 Å². The molecule has 0 aliphatic rings. The molecule has 1 heterocycles. The fraction of sp³-hybridized carbons (Fsp3) is 0.0625. The van der Waals surface area contributed by atoms with Crippen molar-refractivity contribution in [2.45, 2.75) is 6.54 Å². The van der Waals surface area contributed by atoms with Gasteiger partial charge in [-0.05, 0) is 22.9 Å². The highest BCUT2D eigenvalue weighted by Crippen LogP contribution is 2.19. The predicted molar refractivity (Wildman–Crippen MR) is 79.9 cm³/mol. The Balaban J connectivity index is 1.76. The molecule has 0 radical (unpaired) electrons. The average molecular weight is 249 g/mol. The molecule has 0 atom stereocenters. The fourth-order valence-corrected chi connectivity index (χ4v) is 2.07. The van der Waals surface area contributed by atoms with E-state index in [4.69, 9.17) is 0 Å². The lowest BCUT2D eigenvalue weighted by Gasteiger charge is -2.06. The second-order valence-corrected chi connectivity index (χ2v) is 4.43. The molecule has 1 N–H and O–H groups in total. The van der Waals surface area contributed by atoms with Gasteiger partial charge in [0.15, 0.2) is 0 Å². The van der Waals surface area contributed by atoms with E-state index in [1.165, 1.54) is 10.8 Å². The van der Waals surface area contributed by atoms with Crippen molar-refractivity contribution in [3.63, 3.8) is 0 Å². The summed E-state index contributed by atoms with van der Waals surface area (Å²) in [6.07, 6.45) is 5.48. The first-order chi connectivity index (χ1) is 9.35. The Bertz CT molecular complexity index is 713. The van der Waals surface area contributed by atoms with Crippen LogP contribution in [-0.4, -0.2) is 9.78 Å². The van der Waals surface area contributed by atoms with Crippen LogP contribution in [0, 0.1) is 0 Å². The van der Waals surface area contributed by atoms with Crippen LogP contribution in [-0.2, 0) is 6.54 Å². The number of benzene rings is 2. The monoisotopic (exact) mass is 249 g/mol. The molecule has 0 aliphatic heterocycles. The number of hydrogen-bond donors (Lipinski definition) is 1. The maximum absolute atomic E-state index is 4.16. The van der Waals surface area contributed by atoms with Crippen LogP contribution < -0.4 is 5.32 Å². The van der Waals surface area contributed by atoms with E-state index in [2.05, 4.69) is 59.5 Å². The molecular weight excluding hydrogens is 234 g/mol. The molecule has 0 saturated heterocycles. The molecule has 0 unspecified atom stereocenters. The number of fused-ring (bicyclic) bond motifs is 1. The molecule has 3 aromatic rings. The zero-order chi connectivity index (χ0) is 13.1. The summed E-state index contributed by atoms with van der Waals surface area (Å²) in [7, 11) is 0. The van der Waals surface area contributed by atoms with E-state index in [0.717, 1.165) is 17.8 Å². The largest absolute Gasteiger partial charge is 0.381 e. The fourth-order valence-electron chi connectivity index (χ4n) is 2.07. The number of nitrogens with one attached hydrogen (secondary N) is 1. The molecule has 94 valence electrons. The second-order valence-electron chi connectivity index (χ2n) is 4.43. The Morgan fingerprint density at radius 2 is 2.00 bits per heavy atom. The van der Waals surface area contributed by atoms with Gasteiger partial charge in [0.25, 0.3) is 0 Å². The van der Waals surface area contributed by atoms with Crippen molar-refractivity contribution in [1.82, 2.24) is 9.78 Å². The van der Waals surface area contributed by atoms with Gasteiger partial charge in [-0.3, -0.25) is 0 Å². The smallest absolute Gasteiger partial charge is 0.0543 e. The molecule has 19 heavy (non-hydrogen) atoms. The number of anilines is 1. The molecule has 0 saturated carbocycles. The van der Waals surface area contributed by atoms with Gasteiger partial charge in [0, 0.05) is 30.2 Å². The van der Waals surface area contributed by atoms with Crippen molar-refractivity contribution >= 4 is 22.7 Å². The quantitative estimate of drug-likeness (QED) is 0.763. The Morgan fingerprint density at radius 1 is 1.16 bits per heavy atom. The van der Waals surface area contributed by atoms with Gasteiger partial charge >= 0.3 is 0 Å². The SMILES string of the molecule is C=Cn1cc(CNc2ccc3ccccc3c2)cn1. The molecule has 0 aliphatic carbocycles. The van der Waals surface area contributed by atoms with Crippen LogP contribution in [0.4, 0.5) is 5.69 Å². The highest BCUT2D eigenvalue weighted by Gasteiger charge is 1.98. The minimum Gasteiger partial charge on any atom is -0.381 e. The lowest BCUT2D eigenvalue weighted by molar-refractivity contribution is 0.936.